The van der Waals surface area contributed by atoms with E-state index in [1.165, 1.54) is 6.92 Å². The Kier molecular flexibility index (Phi) is 6.10. The van der Waals surface area contributed by atoms with Gasteiger partial charge in [0.2, 0.25) is 0 Å². The monoisotopic (exact) mass is 403 g/mol. The molecule has 0 spiro atoms. The van der Waals surface area contributed by atoms with Crippen LogP contribution in [0, 0.1) is 11.6 Å². The van der Waals surface area contributed by atoms with Gasteiger partial charge in [-0.1, -0.05) is 18.5 Å². The van der Waals surface area contributed by atoms with Crippen LogP contribution in [0.3, 0.4) is 0 Å². The highest BCUT2D eigenvalue weighted by atomic mass is 35.5. The summed E-state index contributed by atoms with van der Waals surface area (Å²) in [5, 5.41) is 19.2. The molecule has 2 rings (SSSR count). The quantitative estimate of drug-likeness (QED) is 0.298. The Morgan fingerprint density at radius 3 is 2.48 bits per heavy atom. The first-order valence-corrected chi connectivity index (χ1v) is 8.09. The number of carboxylic acids is 1. The summed E-state index contributed by atoms with van der Waals surface area (Å²) in [6.45, 7) is 1.45. The molecule has 0 fully saturated rings. The number of hydrogen-bond acceptors (Lipinski definition) is 3. The molecule has 0 amide bonds. The molecule has 27 heavy (non-hydrogen) atoms. The maximum atomic E-state index is 15.0. The molecule has 1 aromatic rings. The van der Waals surface area contributed by atoms with Gasteiger partial charge in [0.1, 0.15) is 17.2 Å². The first-order valence-electron chi connectivity index (χ1n) is 7.71. The van der Waals surface area contributed by atoms with Crippen molar-refractivity contribution in [3.05, 3.63) is 64.2 Å². The van der Waals surface area contributed by atoms with Gasteiger partial charge in [-0.05, 0) is 30.7 Å². The molecular formula is C18H14ClF4NO3. The molecule has 1 aromatic carbocycles. The third kappa shape index (κ3) is 4.39. The molecule has 0 radical (unpaired) electrons. The van der Waals surface area contributed by atoms with Crippen molar-refractivity contribution in [1.82, 2.24) is 0 Å². The summed E-state index contributed by atoms with van der Waals surface area (Å²) < 4.78 is 55.2. The number of aliphatic carboxylic acids is 1. The molecular weight excluding hydrogens is 390 g/mol. The molecule has 0 bridgehead atoms. The number of hydrogen-bond donors (Lipinski definition) is 2. The van der Waals surface area contributed by atoms with Gasteiger partial charge in [0, 0.05) is 12.5 Å². The highest BCUT2D eigenvalue weighted by Crippen LogP contribution is 2.39. The Balaban J connectivity index is 2.60. The lowest BCUT2D eigenvalue weighted by atomic mass is 9.90. The van der Waals surface area contributed by atoms with E-state index in [-0.39, 0.29) is 12.1 Å². The Morgan fingerprint density at radius 2 is 1.96 bits per heavy atom. The molecule has 0 heterocycles. The normalized spacial score (nSPS) is 21.3. The number of carboxylic acid groups (broad SMARTS) is 1. The number of alkyl halides is 1. The molecule has 9 heteroatoms. The smallest absolute Gasteiger partial charge is 0.341 e. The van der Waals surface area contributed by atoms with Gasteiger partial charge < -0.3 is 10.2 Å². The fourth-order valence-electron chi connectivity index (χ4n) is 2.43. The van der Waals surface area contributed by atoms with Crippen molar-refractivity contribution >= 4 is 29.0 Å². The van der Waals surface area contributed by atoms with Crippen LogP contribution in [0.5, 0.6) is 0 Å². The van der Waals surface area contributed by atoms with E-state index < -0.39 is 57.6 Å². The first kappa shape index (κ1) is 20.7. The minimum atomic E-state index is -2.78. The van der Waals surface area contributed by atoms with E-state index >= 15 is 4.39 Å². The Labute approximate surface area is 156 Å². The van der Waals surface area contributed by atoms with Gasteiger partial charge in [-0.15, -0.1) is 0 Å². The molecule has 0 aromatic heterocycles. The van der Waals surface area contributed by atoms with Gasteiger partial charge in [-0.3, -0.25) is 0 Å². The Bertz CT molecular complexity index is 908. The summed E-state index contributed by atoms with van der Waals surface area (Å²) in [5.74, 6) is -5.81. The lowest BCUT2D eigenvalue weighted by Gasteiger charge is -2.25. The Hall–Kier alpha value is -2.61. The van der Waals surface area contributed by atoms with Crippen LogP contribution in [-0.2, 0) is 4.79 Å². The van der Waals surface area contributed by atoms with Crippen molar-refractivity contribution in [3.63, 3.8) is 0 Å². The maximum absolute atomic E-state index is 15.0. The van der Waals surface area contributed by atoms with Gasteiger partial charge in [0.25, 0.3) is 0 Å². The average molecular weight is 404 g/mol. The highest BCUT2D eigenvalue weighted by Gasteiger charge is 2.40. The van der Waals surface area contributed by atoms with Crippen LogP contribution < -0.4 is 0 Å². The first-order chi connectivity index (χ1) is 12.6. The van der Waals surface area contributed by atoms with Gasteiger partial charge in [-0.2, -0.15) is 0 Å². The van der Waals surface area contributed by atoms with Crippen LogP contribution in [0.15, 0.2) is 57.5 Å². The summed E-state index contributed by atoms with van der Waals surface area (Å²) >= 11 is 5.58. The van der Waals surface area contributed by atoms with Crippen LogP contribution in [0.2, 0.25) is 0 Å². The minimum absolute atomic E-state index is 0.125. The van der Waals surface area contributed by atoms with Crippen molar-refractivity contribution in [2.24, 2.45) is 4.99 Å². The third-order valence-electron chi connectivity index (χ3n) is 3.80. The molecule has 1 aliphatic carbocycles. The molecule has 1 unspecified atom stereocenters. The lowest BCUT2D eigenvalue weighted by molar-refractivity contribution is -0.132. The number of nitrogens with zero attached hydrogens (tertiary/aromatic N) is 1. The van der Waals surface area contributed by atoms with Crippen molar-refractivity contribution in [2.75, 3.05) is 0 Å². The average Bonchev–Trinajstić information content (AvgIpc) is 2.59. The van der Waals surface area contributed by atoms with E-state index in [1.807, 2.05) is 0 Å². The van der Waals surface area contributed by atoms with Crippen LogP contribution in [0.4, 0.5) is 23.2 Å². The molecule has 0 aliphatic heterocycles. The number of rotatable bonds is 5. The summed E-state index contributed by atoms with van der Waals surface area (Å²) in [5.41, 5.74) is -4.45. The number of allylic oxidation sites excluding steroid dienone is 4. The molecule has 4 nitrogen and oxygen atoms in total. The fraction of sp³-hybridized carbons (Fsp3) is 0.222. The van der Waals surface area contributed by atoms with Gasteiger partial charge >= 0.3 is 5.97 Å². The van der Waals surface area contributed by atoms with Crippen molar-refractivity contribution in [2.45, 2.75) is 25.4 Å². The van der Waals surface area contributed by atoms with E-state index in [9.17, 15) is 28.2 Å². The minimum Gasteiger partial charge on any atom is -0.508 e. The molecule has 144 valence electrons. The van der Waals surface area contributed by atoms with Crippen LogP contribution in [-0.4, -0.2) is 27.6 Å². The molecule has 1 aliphatic rings. The topological polar surface area (TPSA) is 69.9 Å². The number of aliphatic hydroxyl groups excluding tert-OH is 1. The van der Waals surface area contributed by atoms with Crippen LogP contribution in [0.1, 0.15) is 19.8 Å². The van der Waals surface area contributed by atoms with Crippen LogP contribution >= 0.6 is 11.6 Å². The number of aliphatic hydroxyl groups is 1. The maximum Gasteiger partial charge on any atom is 0.341 e. The van der Waals surface area contributed by atoms with E-state index in [0.717, 1.165) is 12.1 Å². The Morgan fingerprint density at radius 1 is 1.30 bits per heavy atom. The second-order valence-corrected chi connectivity index (χ2v) is 6.12. The molecule has 0 saturated heterocycles. The predicted octanol–water partition coefficient (Wildman–Crippen LogP) is 5.43. The lowest BCUT2D eigenvalue weighted by Crippen LogP contribution is -2.30. The van der Waals surface area contributed by atoms with Gasteiger partial charge in [0.15, 0.2) is 17.2 Å². The number of halogens is 5. The number of aliphatic imine (C=N–C) groups is 1. The van der Waals surface area contributed by atoms with E-state index in [1.54, 1.807) is 0 Å². The van der Waals surface area contributed by atoms with Gasteiger partial charge in [0.05, 0.1) is 16.4 Å². The SMILES string of the molecule is CCC(=Nc1ccc(F)cc1F)C(C(=O)O)=C(O)C1(F)C=CC(F)=C(Cl)C1. The summed E-state index contributed by atoms with van der Waals surface area (Å²) in [4.78, 5) is 15.4. The highest BCUT2D eigenvalue weighted by molar-refractivity contribution is 6.30. The zero-order valence-electron chi connectivity index (χ0n) is 13.9. The zero-order chi connectivity index (χ0) is 20.4. The summed E-state index contributed by atoms with van der Waals surface area (Å²) in [6, 6.07) is 2.43. The summed E-state index contributed by atoms with van der Waals surface area (Å²) in [6.07, 6.45) is 0.365. The summed E-state index contributed by atoms with van der Waals surface area (Å²) in [7, 11) is 0. The van der Waals surface area contributed by atoms with E-state index in [4.69, 9.17) is 11.6 Å². The van der Waals surface area contributed by atoms with Gasteiger partial charge in [-0.25, -0.2) is 27.3 Å². The van der Waals surface area contributed by atoms with Crippen LogP contribution in [0.25, 0.3) is 0 Å². The standard InChI is InChI=1S/C18H14ClF4NO3/c1-2-13(24-14-4-3-9(20)7-12(14)22)15(17(26)27)16(25)18(23)6-5-11(21)10(19)8-18/h3-7,25H,2,8H2,1H3,(H,26,27). The fourth-order valence-corrected chi connectivity index (χ4v) is 2.68. The number of carbonyl (C=O) groups is 1. The van der Waals surface area contributed by atoms with E-state index in [2.05, 4.69) is 4.99 Å². The number of benzene rings is 1. The zero-order valence-corrected chi connectivity index (χ0v) is 14.7. The van der Waals surface area contributed by atoms with E-state index in [0.29, 0.717) is 18.2 Å². The van der Waals surface area contributed by atoms with Crippen molar-refractivity contribution in [3.8, 4) is 0 Å². The molecule has 2 N–H and O–H groups in total. The largest absolute Gasteiger partial charge is 0.508 e. The molecule has 1 atom stereocenters. The third-order valence-corrected chi connectivity index (χ3v) is 4.11. The second kappa shape index (κ2) is 7.96. The predicted molar refractivity (Wildman–Crippen MR) is 92.6 cm³/mol. The van der Waals surface area contributed by atoms with Crippen molar-refractivity contribution in [1.29, 1.82) is 0 Å². The van der Waals surface area contributed by atoms with Crippen molar-refractivity contribution < 1.29 is 32.6 Å². The molecule has 0 saturated carbocycles. The second-order valence-electron chi connectivity index (χ2n) is 5.66.